The van der Waals surface area contributed by atoms with E-state index < -0.39 is 5.60 Å². The fourth-order valence-corrected chi connectivity index (χ4v) is 3.19. The Hall–Kier alpha value is -1.01. The average molecular weight is 316 g/mol. The van der Waals surface area contributed by atoms with Crippen LogP contribution in [0, 0.1) is 0 Å². The van der Waals surface area contributed by atoms with Crippen molar-refractivity contribution in [3.05, 3.63) is 17.5 Å². The van der Waals surface area contributed by atoms with E-state index in [4.69, 9.17) is 16.3 Å². The van der Waals surface area contributed by atoms with Gasteiger partial charge < -0.3 is 9.64 Å². The normalized spacial score (nSPS) is 19.2. The van der Waals surface area contributed by atoms with Crippen LogP contribution in [-0.2, 0) is 4.74 Å². The molecule has 0 saturated carbocycles. The van der Waals surface area contributed by atoms with E-state index in [1.807, 2.05) is 20.8 Å². The highest BCUT2D eigenvalue weighted by Crippen LogP contribution is 2.29. The average Bonchev–Trinajstić information content (AvgIpc) is 2.75. The summed E-state index contributed by atoms with van der Waals surface area (Å²) in [5, 5.41) is 1.58. The van der Waals surface area contributed by atoms with Crippen LogP contribution in [0.5, 0.6) is 0 Å². The summed E-state index contributed by atoms with van der Waals surface area (Å²) in [6.45, 7) is 6.99. The van der Waals surface area contributed by atoms with Crippen LogP contribution in [-0.4, -0.2) is 44.9 Å². The molecule has 1 saturated heterocycles. The van der Waals surface area contributed by atoms with Crippen LogP contribution in [0.25, 0.3) is 0 Å². The van der Waals surface area contributed by atoms with Gasteiger partial charge in [-0.15, -0.1) is 11.8 Å². The number of likely N-dealkylation sites (tertiary alicyclic amines) is 1. The van der Waals surface area contributed by atoms with Gasteiger partial charge in [-0.05, 0) is 27.2 Å². The molecule has 1 aromatic rings. The number of amides is 1. The second-order valence-electron chi connectivity index (χ2n) is 5.63. The Kier molecular flexibility index (Phi) is 4.75. The number of halogens is 1. The van der Waals surface area contributed by atoms with Crippen LogP contribution in [0.3, 0.4) is 0 Å². The van der Waals surface area contributed by atoms with E-state index in [1.165, 1.54) is 6.33 Å². The molecule has 1 aromatic heterocycles. The first-order valence-electron chi connectivity index (χ1n) is 6.45. The van der Waals surface area contributed by atoms with Gasteiger partial charge in [0.05, 0.1) is 0 Å². The van der Waals surface area contributed by atoms with Gasteiger partial charge in [0.2, 0.25) is 0 Å². The van der Waals surface area contributed by atoms with Crippen LogP contribution in [0.4, 0.5) is 4.79 Å². The number of rotatable bonds is 2. The van der Waals surface area contributed by atoms with Gasteiger partial charge in [-0.25, -0.2) is 14.8 Å². The van der Waals surface area contributed by atoms with Gasteiger partial charge in [-0.2, -0.15) is 0 Å². The number of aromatic nitrogens is 2. The predicted molar refractivity (Wildman–Crippen MR) is 79.1 cm³/mol. The van der Waals surface area contributed by atoms with Gasteiger partial charge >= 0.3 is 6.09 Å². The molecule has 1 aliphatic rings. The second kappa shape index (κ2) is 6.18. The number of carbonyl (C=O) groups is 1. The molecule has 0 bridgehead atoms. The van der Waals surface area contributed by atoms with Crippen molar-refractivity contribution < 1.29 is 9.53 Å². The third-order valence-electron chi connectivity index (χ3n) is 2.69. The first-order chi connectivity index (χ1) is 9.33. The Bertz CT molecular complexity index is 493. The lowest BCUT2D eigenvalue weighted by atomic mass is 10.2. The molecule has 7 heteroatoms. The molecule has 2 heterocycles. The predicted octanol–water partition coefficient (Wildman–Crippen LogP) is 3.23. The van der Waals surface area contributed by atoms with Gasteiger partial charge in [0.1, 0.15) is 22.1 Å². The van der Waals surface area contributed by atoms with E-state index in [0.29, 0.717) is 23.5 Å². The van der Waals surface area contributed by atoms with E-state index in [9.17, 15) is 4.79 Å². The number of hydrogen-bond donors (Lipinski definition) is 0. The van der Waals surface area contributed by atoms with Gasteiger partial charge in [0.15, 0.2) is 0 Å². The van der Waals surface area contributed by atoms with Gasteiger partial charge in [-0.3, -0.25) is 0 Å². The molecule has 1 fully saturated rings. The summed E-state index contributed by atoms with van der Waals surface area (Å²) >= 11 is 7.45. The summed E-state index contributed by atoms with van der Waals surface area (Å²) in [4.78, 5) is 21.7. The van der Waals surface area contributed by atoms with Crippen molar-refractivity contribution in [1.29, 1.82) is 0 Å². The fraction of sp³-hybridized carbons (Fsp3) is 0.615. The Labute approximate surface area is 128 Å². The minimum atomic E-state index is -0.456. The third kappa shape index (κ3) is 4.52. The van der Waals surface area contributed by atoms with Crippen LogP contribution in [0.2, 0.25) is 5.15 Å². The van der Waals surface area contributed by atoms with Crippen LogP contribution in [0.1, 0.15) is 27.2 Å². The maximum absolute atomic E-state index is 12.0. The van der Waals surface area contributed by atoms with Gasteiger partial charge in [0, 0.05) is 24.4 Å². The molecule has 0 radical (unpaired) electrons. The molecule has 1 aliphatic heterocycles. The number of thioether (sulfide) groups is 1. The summed E-state index contributed by atoms with van der Waals surface area (Å²) in [5.41, 5.74) is -0.456. The molecule has 1 atom stereocenters. The van der Waals surface area contributed by atoms with Crippen molar-refractivity contribution in [2.45, 2.75) is 43.1 Å². The van der Waals surface area contributed by atoms with Crippen molar-refractivity contribution in [3.8, 4) is 0 Å². The first-order valence-corrected chi connectivity index (χ1v) is 7.71. The summed E-state index contributed by atoms with van der Waals surface area (Å²) in [6.07, 6.45) is 2.12. The molecule has 0 aliphatic carbocycles. The lowest BCUT2D eigenvalue weighted by molar-refractivity contribution is 0.0295. The van der Waals surface area contributed by atoms with Gasteiger partial charge in [0.25, 0.3) is 0 Å². The number of nitrogens with zero attached hydrogens (tertiary/aromatic N) is 3. The summed E-state index contributed by atoms with van der Waals surface area (Å²) < 4.78 is 5.37. The van der Waals surface area contributed by atoms with Crippen molar-refractivity contribution in [2.24, 2.45) is 0 Å². The van der Waals surface area contributed by atoms with Gasteiger partial charge in [-0.1, -0.05) is 11.6 Å². The molecular weight excluding hydrogens is 298 g/mol. The van der Waals surface area contributed by atoms with E-state index in [0.717, 1.165) is 11.4 Å². The summed E-state index contributed by atoms with van der Waals surface area (Å²) in [6, 6.07) is 1.74. The quantitative estimate of drug-likeness (QED) is 0.784. The Morgan fingerprint density at radius 2 is 2.25 bits per heavy atom. The minimum Gasteiger partial charge on any atom is -0.444 e. The third-order valence-corrected chi connectivity index (χ3v) is 4.08. The molecule has 5 nitrogen and oxygen atoms in total. The monoisotopic (exact) mass is 315 g/mol. The first kappa shape index (κ1) is 15.4. The van der Waals surface area contributed by atoms with Crippen LogP contribution in [0.15, 0.2) is 17.4 Å². The van der Waals surface area contributed by atoms with E-state index >= 15 is 0 Å². The maximum atomic E-state index is 12.0. The molecule has 0 unspecified atom stereocenters. The van der Waals surface area contributed by atoms with E-state index in [2.05, 4.69) is 9.97 Å². The Balaban J connectivity index is 1.88. The zero-order valence-corrected chi connectivity index (χ0v) is 13.4. The summed E-state index contributed by atoms with van der Waals surface area (Å²) in [7, 11) is 0. The number of carbonyl (C=O) groups excluding carboxylic acids is 1. The van der Waals surface area contributed by atoms with Crippen molar-refractivity contribution in [1.82, 2.24) is 14.9 Å². The topological polar surface area (TPSA) is 55.3 Å². The molecule has 0 spiro atoms. The lowest BCUT2D eigenvalue weighted by Crippen LogP contribution is -2.35. The van der Waals surface area contributed by atoms with E-state index in [-0.39, 0.29) is 6.09 Å². The largest absolute Gasteiger partial charge is 0.444 e. The Morgan fingerprint density at radius 3 is 2.90 bits per heavy atom. The lowest BCUT2D eigenvalue weighted by Gasteiger charge is -2.24. The highest BCUT2D eigenvalue weighted by molar-refractivity contribution is 7.99. The molecule has 0 aromatic carbocycles. The van der Waals surface area contributed by atoms with Crippen molar-refractivity contribution >= 4 is 29.5 Å². The van der Waals surface area contributed by atoms with Crippen LogP contribution >= 0.6 is 23.4 Å². The van der Waals surface area contributed by atoms with Crippen molar-refractivity contribution in [3.63, 3.8) is 0 Å². The molecule has 110 valence electrons. The highest BCUT2D eigenvalue weighted by Gasteiger charge is 2.30. The minimum absolute atomic E-state index is 0.249. The SMILES string of the molecule is CC(C)(C)OC(=O)N1CC[C@@H](Sc2cc(Cl)ncn2)C1. The number of hydrogen-bond acceptors (Lipinski definition) is 5. The standard InChI is InChI=1S/C13H18ClN3O2S/c1-13(2,3)19-12(18)17-5-4-9(7-17)20-11-6-10(14)15-8-16-11/h6,8-9H,4-5,7H2,1-3H3/t9-/m1/s1. The highest BCUT2D eigenvalue weighted by atomic mass is 35.5. The maximum Gasteiger partial charge on any atom is 0.410 e. The van der Waals surface area contributed by atoms with E-state index in [1.54, 1.807) is 22.7 Å². The molecule has 2 rings (SSSR count). The summed E-state index contributed by atoms with van der Waals surface area (Å²) in [5.74, 6) is 0. The van der Waals surface area contributed by atoms with Crippen LogP contribution < -0.4 is 0 Å². The fourth-order valence-electron chi connectivity index (χ4n) is 1.87. The van der Waals surface area contributed by atoms with Crippen molar-refractivity contribution in [2.75, 3.05) is 13.1 Å². The molecular formula is C13H18ClN3O2S. The second-order valence-corrected chi connectivity index (χ2v) is 7.34. The zero-order valence-electron chi connectivity index (χ0n) is 11.8. The number of ether oxygens (including phenoxy) is 1. The smallest absolute Gasteiger partial charge is 0.410 e. The molecule has 20 heavy (non-hydrogen) atoms. The molecule has 0 N–H and O–H groups in total. The molecule has 1 amide bonds. The zero-order chi connectivity index (χ0) is 14.8. The Morgan fingerprint density at radius 1 is 1.50 bits per heavy atom.